The van der Waals surface area contributed by atoms with E-state index in [0.29, 0.717) is 0 Å². The van der Waals surface area contributed by atoms with Gasteiger partial charge in [0.25, 0.3) is 0 Å². The Morgan fingerprint density at radius 1 is 1.27 bits per heavy atom. The molecule has 1 N–H and O–H groups in total. The van der Waals surface area contributed by atoms with Crippen LogP contribution in [0.1, 0.15) is 26.2 Å². The van der Waals surface area contributed by atoms with E-state index in [4.69, 9.17) is 0 Å². The van der Waals surface area contributed by atoms with E-state index in [1.807, 2.05) is 30.1 Å². The number of pyridine rings is 1. The van der Waals surface area contributed by atoms with E-state index < -0.39 is 0 Å². The van der Waals surface area contributed by atoms with Crippen molar-refractivity contribution in [2.75, 3.05) is 18.8 Å². The minimum absolute atomic E-state index is 1.14. The molecule has 1 aromatic heterocycles. The van der Waals surface area contributed by atoms with Gasteiger partial charge in [-0.3, -0.25) is 0 Å². The van der Waals surface area contributed by atoms with Gasteiger partial charge in [-0.15, -0.1) is 11.8 Å². The summed E-state index contributed by atoms with van der Waals surface area (Å²) in [7, 11) is 0. The minimum Gasteiger partial charge on any atom is -0.317 e. The van der Waals surface area contributed by atoms with E-state index in [1.165, 1.54) is 25.0 Å². The van der Waals surface area contributed by atoms with Crippen molar-refractivity contribution in [3.05, 3.63) is 24.4 Å². The lowest BCUT2D eigenvalue weighted by atomic mass is 10.3. The molecule has 0 saturated carbocycles. The Morgan fingerprint density at radius 3 is 2.93 bits per heavy atom. The smallest absolute Gasteiger partial charge is 0.0959 e. The topological polar surface area (TPSA) is 24.9 Å². The van der Waals surface area contributed by atoms with Crippen LogP contribution in [0, 0.1) is 0 Å². The van der Waals surface area contributed by atoms with Gasteiger partial charge >= 0.3 is 0 Å². The van der Waals surface area contributed by atoms with Gasteiger partial charge < -0.3 is 5.32 Å². The van der Waals surface area contributed by atoms with Crippen LogP contribution < -0.4 is 5.32 Å². The molecule has 84 valence electrons. The maximum Gasteiger partial charge on any atom is 0.0959 e. The fourth-order valence-corrected chi connectivity index (χ4v) is 2.13. The number of aromatic nitrogens is 1. The molecule has 1 rings (SSSR count). The van der Waals surface area contributed by atoms with Crippen molar-refractivity contribution in [3.63, 3.8) is 0 Å². The maximum atomic E-state index is 4.27. The molecule has 0 bridgehead atoms. The van der Waals surface area contributed by atoms with Gasteiger partial charge in [-0.2, -0.15) is 0 Å². The molecule has 0 aliphatic carbocycles. The van der Waals surface area contributed by atoms with Crippen LogP contribution in [0.3, 0.4) is 0 Å². The molecule has 15 heavy (non-hydrogen) atoms. The second kappa shape index (κ2) is 8.74. The number of hydrogen-bond donors (Lipinski definition) is 1. The molecule has 3 heteroatoms. The van der Waals surface area contributed by atoms with Crippen LogP contribution in [0.25, 0.3) is 0 Å². The van der Waals surface area contributed by atoms with Crippen molar-refractivity contribution in [2.24, 2.45) is 0 Å². The van der Waals surface area contributed by atoms with Gasteiger partial charge in [0.2, 0.25) is 0 Å². The van der Waals surface area contributed by atoms with Crippen molar-refractivity contribution in [1.82, 2.24) is 10.3 Å². The summed E-state index contributed by atoms with van der Waals surface area (Å²) in [6.07, 6.45) is 5.60. The Balaban J connectivity index is 1.93. The molecule has 0 radical (unpaired) electrons. The fraction of sp³-hybridized carbons (Fsp3) is 0.583. The van der Waals surface area contributed by atoms with Crippen LogP contribution in [-0.4, -0.2) is 23.8 Å². The van der Waals surface area contributed by atoms with Crippen molar-refractivity contribution < 1.29 is 0 Å². The average Bonchev–Trinajstić information content (AvgIpc) is 2.29. The molecular weight excluding hydrogens is 204 g/mol. The summed E-state index contributed by atoms with van der Waals surface area (Å²) in [6.45, 7) is 4.49. The summed E-state index contributed by atoms with van der Waals surface area (Å²) < 4.78 is 0. The highest BCUT2D eigenvalue weighted by Crippen LogP contribution is 2.15. The Kier molecular flexibility index (Phi) is 7.30. The van der Waals surface area contributed by atoms with Crippen molar-refractivity contribution in [1.29, 1.82) is 0 Å². The van der Waals surface area contributed by atoms with Gasteiger partial charge in [0.15, 0.2) is 0 Å². The second-order valence-corrected chi connectivity index (χ2v) is 4.59. The van der Waals surface area contributed by atoms with Crippen molar-refractivity contribution >= 4 is 11.8 Å². The summed E-state index contributed by atoms with van der Waals surface area (Å²) in [5.74, 6) is 1.17. The molecule has 0 saturated heterocycles. The van der Waals surface area contributed by atoms with E-state index >= 15 is 0 Å². The largest absolute Gasteiger partial charge is 0.317 e. The molecule has 0 aliphatic rings. The van der Waals surface area contributed by atoms with E-state index in [1.54, 1.807) is 0 Å². The van der Waals surface area contributed by atoms with Gasteiger partial charge in [0, 0.05) is 6.20 Å². The molecule has 0 amide bonds. The highest BCUT2D eigenvalue weighted by molar-refractivity contribution is 7.99. The van der Waals surface area contributed by atoms with Crippen LogP contribution >= 0.6 is 11.8 Å². The summed E-state index contributed by atoms with van der Waals surface area (Å²) in [5, 5.41) is 4.55. The van der Waals surface area contributed by atoms with E-state index in [9.17, 15) is 0 Å². The fourth-order valence-electron chi connectivity index (χ4n) is 1.26. The summed E-state index contributed by atoms with van der Waals surface area (Å²) in [5.41, 5.74) is 0. The number of nitrogens with zero attached hydrogens (tertiary/aromatic N) is 1. The van der Waals surface area contributed by atoms with E-state index in [2.05, 4.69) is 23.3 Å². The van der Waals surface area contributed by atoms with Crippen molar-refractivity contribution in [3.8, 4) is 0 Å². The first-order chi connectivity index (χ1) is 7.43. The first-order valence-electron chi connectivity index (χ1n) is 5.68. The predicted molar refractivity (Wildman–Crippen MR) is 67.4 cm³/mol. The molecular formula is C12H20N2S. The Bertz CT molecular complexity index is 239. The van der Waals surface area contributed by atoms with Crippen LogP contribution in [0.5, 0.6) is 0 Å². The molecule has 0 unspecified atom stereocenters. The average molecular weight is 224 g/mol. The third-order valence-corrected chi connectivity index (χ3v) is 3.09. The Morgan fingerprint density at radius 2 is 2.20 bits per heavy atom. The lowest BCUT2D eigenvalue weighted by molar-refractivity contribution is 0.635. The molecule has 0 aliphatic heterocycles. The highest BCUT2D eigenvalue weighted by atomic mass is 32.2. The number of unbranched alkanes of at least 4 members (excludes halogenated alkanes) is 1. The SMILES string of the molecule is CCCNCCCCSc1ccccn1. The molecule has 1 aromatic rings. The van der Waals surface area contributed by atoms with Crippen molar-refractivity contribution in [2.45, 2.75) is 31.2 Å². The first kappa shape index (κ1) is 12.5. The minimum atomic E-state index is 1.14. The van der Waals surface area contributed by atoms with Gasteiger partial charge in [0.05, 0.1) is 5.03 Å². The predicted octanol–water partition coefficient (Wildman–Crippen LogP) is 2.95. The molecule has 0 atom stereocenters. The maximum absolute atomic E-state index is 4.27. The summed E-state index contributed by atoms with van der Waals surface area (Å²) in [6, 6.07) is 6.07. The standard InChI is InChI=1S/C12H20N2S/c1-2-8-13-9-5-6-11-15-12-7-3-4-10-14-12/h3-4,7,10,13H,2,5-6,8-9,11H2,1H3. The van der Waals surface area contributed by atoms with Gasteiger partial charge in [0.1, 0.15) is 0 Å². The quantitative estimate of drug-likeness (QED) is 0.543. The number of nitrogens with one attached hydrogen (secondary N) is 1. The monoisotopic (exact) mass is 224 g/mol. The number of hydrogen-bond acceptors (Lipinski definition) is 3. The van der Waals surface area contributed by atoms with Gasteiger partial charge in [-0.1, -0.05) is 13.0 Å². The van der Waals surface area contributed by atoms with Gasteiger partial charge in [-0.05, 0) is 50.2 Å². The first-order valence-corrected chi connectivity index (χ1v) is 6.66. The third-order valence-electron chi connectivity index (χ3n) is 2.06. The molecule has 0 aromatic carbocycles. The lowest BCUT2D eigenvalue weighted by Crippen LogP contribution is -2.15. The zero-order chi connectivity index (χ0) is 10.8. The van der Waals surface area contributed by atoms with Crippen LogP contribution in [-0.2, 0) is 0 Å². The Hall–Kier alpha value is -0.540. The zero-order valence-electron chi connectivity index (χ0n) is 9.41. The van der Waals surface area contributed by atoms with E-state index in [-0.39, 0.29) is 0 Å². The molecule has 0 fully saturated rings. The molecule has 2 nitrogen and oxygen atoms in total. The normalized spacial score (nSPS) is 10.5. The third kappa shape index (κ3) is 6.52. The zero-order valence-corrected chi connectivity index (χ0v) is 10.2. The summed E-state index contributed by atoms with van der Waals surface area (Å²) in [4.78, 5) is 4.27. The molecule has 0 spiro atoms. The number of thioether (sulfide) groups is 1. The van der Waals surface area contributed by atoms with Gasteiger partial charge in [-0.25, -0.2) is 4.98 Å². The lowest BCUT2D eigenvalue weighted by Gasteiger charge is -2.02. The summed E-state index contributed by atoms with van der Waals surface area (Å²) >= 11 is 1.85. The van der Waals surface area contributed by atoms with Crippen LogP contribution in [0.15, 0.2) is 29.4 Å². The van der Waals surface area contributed by atoms with Crippen LogP contribution in [0.4, 0.5) is 0 Å². The second-order valence-electron chi connectivity index (χ2n) is 3.47. The number of rotatable bonds is 8. The Labute approximate surface area is 96.9 Å². The highest BCUT2D eigenvalue weighted by Gasteiger charge is 1.93. The van der Waals surface area contributed by atoms with Crippen LogP contribution in [0.2, 0.25) is 0 Å². The molecule has 1 heterocycles. The van der Waals surface area contributed by atoms with E-state index in [0.717, 1.165) is 18.1 Å².